The monoisotopic (exact) mass is 590 g/mol. The molecule has 3 atom stereocenters. The molecular formula is C35H50N4O4. The van der Waals surface area contributed by atoms with Crippen molar-refractivity contribution < 1.29 is 19.8 Å². The average Bonchev–Trinajstić information content (AvgIpc) is 3.83. The maximum atomic E-state index is 13.8. The van der Waals surface area contributed by atoms with Gasteiger partial charge in [0.15, 0.2) is 0 Å². The van der Waals surface area contributed by atoms with Gasteiger partial charge in [-0.15, -0.1) is 0 Å². The van der Waals surface area contributed by atoms with Crippen molar-refractivity contribution in [1.29, 1.82) is 0 Å². The van der Waals surface area contributed by atoms with Crippen LogP contribution in [0.5, 0.6) is 5.75 Å². The van der Waals surface area contributed by atoms with Crippen LogP contribution in [-0.4, -0.2) is 106 Å². The van der Waals surface area contributed by atoms with Gasteiger partial charge in [0, 0.05) is 63.3 Å². The standard InChI is InChI=1S/C35H50N4O4/c1-26-24-39(27(2)23-38(26)25-28-14-15-28)34(30-10-7-12-32(40)22-30)29-9-6-11-31(21-29)35(43)37-18-8-17-36(19-20-37)16-5-3-4-13-33(41)42/h6-7,9-12,21-22,26-28,34,40H,3-5,8,13-20,23-25H2,1-2H3,(H,41,42)/t26-,27+,34?/m1/s1. The molecule has 1 amide bonds. The van der Waals surface area contributed by atoms with Gasteiger partial charge in [0.2, 0.25) is 0 Å². The van der Waals surface area contributed by atoms with Crippen LogP contribution in [0.1, 0.15) is 86.3 Å². The molecule has 0 aromatic heterocycles. The first kappa shape index (κ1) is 31.5. The molecule has 8 heteroatoms. The number of hydrogen-bond acceptors (Lipinski definition) is 6. The number of nitrogens with zero attached hydrogens (tertiary/aromatic N) is 4. The van der Waals surface area contributed by atoms with E-state index in [2.05, 4.69) is 46.7 Å². The third kappa shape index (κ3) is 8.58. The Morgan fingerprint density at radius 3 is 2.40 bits per heavy atom. The van der Waals surface area contributed by atoms with Gasteiger partial charge in [-0.1, -0.05) is 30.7 Å². The van der Waals surface area contributed by atoms with Crippen molar-refractivity contribution in [1.82, 2.24) is 19.6 Å². The lowest BCUT2D eigenvalue weighted by Gasteiger charge is -2.48. The highest BCUT2D eigenvalue weighted by atomic mass is 16.4. The number of hydrogen-bond donors (Lipinski definition) is 2. The lowest BCUT2D eigenvalue weighted by atomic mass is 9.92. The molecule has 5 rings (SSSR count). The topological polar surface area (TPSA) is 87.6 Å². The van der Waals surface area contributed by atoms with Gasteiger partial charge in [-0.3, -0.25) is 19.4 Å². The Labute approximate surface area is 257 Å². The summed E-state index contributed by atoms with van der Waals surface area (Å²) in [6.45, 7) is 12.0. The molecule has 0 spiro atoms. The van der Waals surface area contributed by atoms with E-state index >= 15 is 0 Å². The van der Waals surface area contributed by atoms with E-state index in [1.165, 1.54) is 19.4 Å². The number of amides is 1. The SMILES string of the molecule is C[C@@H]1CN(C(c2cccc(O)c2)c2cccc(C(=O)N3CCCN(CCCCCC(=O)O)CC3)c2)[C@@H](C)CN1CC1CC1. The maximum absolute atomic E-state index is 13.8. The molecule has 3 fully saturated rings. The van der Waals surface area contributed by atoms with Crippen molar-refractivity contribution in [2.75, 3.05) is 52.4 Å². The first-order valence-electron chi connectivity index (χ1n) is 16.4. The third-order valence-electron chi connectivity index (χ3n) is 9.56. The molecule has 2 aromatic rings. The molecule has 1 unspecified atom stereocenters. The summed E-state index contributed by atoms with van der Waals surface area (Å²) < 4.78 is 0. The van der Waals surface area contributed by atoms with Crippen LogP contribution < -0.4 is 0 Å². The van der Waals surface area contributed by atoms with Gasteiger partial charge in [0.05, 0.1) is 6.04 Å². The molecule has 0 radical (unpaired) electrons. The molecule has 1 aliphatic carbocycles. The minimum Gasteiger partial charge on any atom is -0.508 e. The fourth-order valence-corrected chi connectivity index (χ4v) is 6.95. The van der Waals surface area contributed by atoms with E-state index in [-0.39, 0.29) is 24.1 Å². The molecule has 43 heavy (non-hydrogen) atoms. The molecule has 234 valence electrons. The van der Waals surface area contributed by atoms with Gasteiger partial charge < -0.3 is 20.0 Å². The number of piperazine rings is 1. The number of rotatable bonds is 12. The minimum absolute atomic E-state index is 0.0545. The van der Waals surface area contributed by atoms with Crippen molar-refractivity contribution in [3.05, 3.63) is 65.2 Å². The summed E-state index contributed by atoms with van der Waals surface area (Å²) in [5, 5.41) is 19.3. The van der Waals surface area contributed by atoms with Crippen molar-refractivity contribution in [2.45, 2.75) is 76.9 Å². The smallest absolute Gasteiger partial charge is 0.303 e. The molecule has 3 aliphatic rings. The maximum Gasteiger partial charge on any atom is 0.303 e. The number of aliphatic carboxylic acids is 1. The van der Waals surface area contributed by atoms with E-state index in [1.807, 2.05) is 29.2 Å². The zero-order valence-corrected chi connectivity index (χ0v) is 26.0. The summed E-state index contributed by atoms with van der Waals surface area (Å²) in [4.78, 5) is 34.2. The molecule has 0 bridgehead atoms. The van der Waals surface area contributed by atoms with Crippen LogP contribution in [0.4, 0.5) is 0 Å². The molecular weight excluding hydrogens is 540 g/mol. The number of carboxylic acids is 1. The van der Waals surface area contributed by atoms with E-state index in [4.69, 9.17) is 5.11 Å². The Bertz CT molecular complexity index is 1230. The van der Waals surface area contributed by atoms with Crippen LogP contribution in [0.25, 0.3) is 0 Å². The summed E-state index contributed by atoms with van der Waals surface area (Å²) in [6.07, 6.45) is 6.53. The zero-order valence-electron chi connectivity index (χ0n) is 26.0. The Balaban J connectivity index is 1.28. The third-order valence-corrected chi connectivity index (χ3v) is 9.56. The van der Waals surface area contributed by atoms with E-state index in [1.54, 1.807) is 6.07 Å². The molecule has 2 aliphatic heterocycles. The quantitative estimate of drug-likeness (QED) is 0.334. The summed E-state index contributed by atoms with van der Waals surface area (Å²) in [7, 11) is 0. The lowest BCUT2D eigenvalue weighted by Crippen LogP contribution is -2.57. The van der Waals surface area contributed by atoms with Crippen LogP contribution in [-0.2, 0) is 4.79 Å². The van der Waals surface area contributed by atoms with Crippen LogP contribution in [0.15, 0.2) is 48.5 Å². The molecule has 2 N–H and O–H groups in total. The highest BCUT2D eigenvalue weighted by Gasteiger charge is 2.37. The minimum atomic E-state index is -0.725. The summed E-state index contributed by atoms with van der Waals surface area (Å²) in [5.41, 5.74) is 2.86. The molecule has 1 saturated carbocycles. The second-order valence-electron chi connectivity index (χ2n) is 13.1. The summed E-state index contributed by atoms with van der Waals surface area (Å²) in [6, 6.07) is 16.5. The van der Waals surface area contributed by atoms with Crippen molar-refractivity contribution in [3.8, 4) is 5.75 Å². The molecule has 2 aromatic carbocycles. The Morgan fingerprint density at radius 1 is 0.884 bits per heavy atom. The van der Waals surface area contributed by atoms with Gasteiger partial charge in [-0.05, 0) is 100 Å². The van der Waals surface area contributed by atoms with E-state index < -0.39 is 5.97 Å². The molecule has 2 saturated heterocycles. The highest BCUT2D eigenvalue weighted by molar-refractivity contribution is 5.94. The Kier molecular flexibility index (Phi) is 10.8. The number of phenolic OH excluding ortho intramolecular Hbond substituents is 1. The van der Waals surface area contributed by atoms with Gasteiger partial charge in [-0.2, -0.15) is 0 Å². The van der Waals surface area contributed by atoms with Crippen LogP contribution in [0.2, 0.25) is 0 Å². The fraction of sp³-hybridized carbons (Fsp3) is 0.600. The average molecular weight is 591 g/mol. The van der Waals surface area contributed by atoms with Gasteiger partial charge in [-0.25, -0.2) is 0 Å². The van der Waals surface area contributed by atoms with Gasteiger partial charge >= 0.3 is 5.97 Å². The largest absolute Gasteiger partial charge is 0.508 e. The van der Waals surface area contributed by atoms with E-state index in [0.717, 1.165) is 87.6 Å². The van der Waals surface area contributed by atoms with Crippen LogP contribution >= 0.6 is 0 Å². The normalized spacial score (nSPS) is 23.2. The number of unbranched alkanes of at least 4 members (excludes halogenated alkanes) is 2. The highest BCUT2D eigenvalue weighted by Crippen LogP contribution is 2.37. The lowest BCUT2D eigenvalue weighted by molar-refractivity contribution is -0.137. The second kappa shape index (κ2) is 14.7. The van der Waals surface area contributed by atoms with Crippen LogP contribution in [0.3, 0.4) is 0 Å². The Morgan fingerprint density at radius 2 is 1.65 bits per heavy atom. The van der Waals surface area contributed by atoms with Crippen molar-refractivity contribution in [3.63, 3.8) is 0 Å². The van der Waals surface area contributed by atoms with Crippen molar-refractivity contribution >= 4 is 11.9 Å². The predicted octanol–water partition coefficient (Wildman–Crippen LogP) is 5.08. The number of carboxylic acid groups (broad SMARTS) is 1. The number of carbonyl (C=O) groups is 2. The second-order valence-corrected chi connectivity index (χ2v) is 13.1. The number of carbonyl (C=O) groups excluding carboxylic acids is 1. The number of benzene rings is 2. The number of aromatic hydroxyl groups is 1. The molecule has 2 heterocycles. The first-order chi connectivity index (χ1) is 20.8. The summed E-state index contributed by atoms with van der Waals surface area (Å²) in [5.74, 6) is 0.478. The Hall–Kier alpha value is -2.94. The summed E-state index contributed by atoms with van der Waals surface area (Å²) >= 11 is 0. The first-order valence-corrected chi connectivity index (χ1v) is 16.4. The van der Waals surface area contributed by atoms with E-state index in [0.29, 0.717) is 18.6 Å². The van der Waals surface area contributed by atoms with E-state index in [9.17, 15) is 14.7 Å². The van der Waals surface area contributed by atoms with Crippen molar-refractivity contribution in [2.24, 2.45) is 5.92 Å². The van der Waals surface area contributed by atoms with Crippen LogP contribution in [0, 0.1) is 5.92 Å². The number of phenols is 1. The van der Waals surface area contributed by atoms with Gasteiger partial charge in [0.1, 0.15) is 5.75 Å². The van der Waals surface area contributed by atoms with Gasteiger partial charge in [0.25, 0.3) is 5.91 Å². The zero-order chi connectivity index (χ0) is 30.3. The molecule has 8 nitrogen and oxygen atoms in total. The predicted molar refractivity (Wildman–Crippen MR) is 169 cm³/mol. The fourth-order valence-electron chi connectivity index (χ4n) is 6.95.